The molecule has 0 aliphatic carbocycles. The molecule has 0 saturated carbocycles. The van der Waals surface area contributed by atoms with Crippen molar-refractivity contribution in [2.75, 3.05) is 7.11 Å². The van der Waals surface area contributed by atoms with E-state index in [1.807, 2.05) is 19.1 Å². The number of nitrogens with two attached hydrogens (primary N) is 1. The van der Waals surface area contributed by atoms with Crippen LogP contribution in [0.1, 0.15) is 24.4 Å². The lowest BCUT2D eigenvalue weighted by molar-refractivity contribution is 0.399. The van der Waals surface area contributed by atoms with E-state index in [4.69, 9.17) is 10.5 Å². The zero-order valence-electron chi connectivity index (χ0n) is 9.75. The molecule has 1 atom stereocenters. The van der Waals surface area contributed by atoms with Gasteiger partial charge < -0.3 is 10.5 Å². The van der Waals surface area contributed by atoms with Gasteiger partial charge in [-0.15, -0.1) is 10.2 Å². The standard InChI is InChI=1S/C11H14N4OS/c1-3-8(12)11-15-14-10(17-11)7-5-4-6-13-9(7)16-2/h4-6,8H,3,12H2,1-2H3. The van der Waals surface area contributed by atoms with Crippen molar-refractivity contribution >= 4 is 11.3 Å². The van der Waals surface area contributed by atoms with Crippen LogP contribution in [0, 0.1) is 0 Å². The minimum atomic E-state index is -0.0519. The Morgan fingerprint density at radius 2 is 2.29 bits per heavy atom. The van der Waals surface area contributed by atoms with Crippen LogP contribution in [0.15, 0.2) is 18.3 Å². The Balaban J connectivity index is 2.37. The third-order valence-corrected chi connectivity index (χ3v) is 3.48. The average molecular weight is 250 g/mol. The first-order valence-corrected chi connectivity index (χ1v) is 6.16. The van der Waals surface area contributed by atoms with Gasteiger partial charge in [0.15, 0.2) is 5.01 Å². The van der Waals surface area contributed by atoms with Crippen LogP contribution >= 0.6 is 11.3 Å². The minimum absolute atomic E-state index is 0.0519. The van der Waals surface area contributed by atoms with Crippen molar-refractivity contribution in [2.24, 2.45) is 5.73 Å². The summed E-state index contributed by atoms with van der Waals surface area (Å²) in [6.07, 6.45) is 2.53. The van der Waals surface area contributed by atoms with Crippen LogP contribution in [0.2, 0.25) is 0 Å². The maximum absolute atomic E-state index is 5.92. The zero-order chi connectivity index (χ0) is 12.3. The van der Waals surface area contributed by atoms with E-state index in [1.165, 1.54) is 11.3 Å². The lowest BCUT2D eigenvalue weighted by Crippen LogP contribution is -2.07. The molecular formula is C11H14N4OS. The Morgan fingerprint density at radius 1 is 1.47 bits per heavy atom. The number of ether oxygens (including phenoxy) is 1. The van der Waals surface area contributed by atoms with Crippen LogP contribution in [-0.4, -0.2) is 22.3 Å². The van der Waals surface area contributed by atoms with Gasteiger partial charge in [0.25, 0.3) is 0 Å². The minimum Gasteiger partial charge on any atom is -0.480 e. The fourth-order valence-corrected chi connectivity index (χ4v) is 2.33. The molecule has 2 N–H and O–H groups in total. The van der Waals surface area contributed by atoms with Gasteiger partial charge in [-0.1, -0.05) is 18.3 Å². The maximum Gasteiger partial charge on any atom is 0.223 e. The van der Waals surface area contributed by atoms with Gasteiger partial charge >= 0.3 is 0 Å². The average Bonchev–Trinajstić information content (AvgIpc) is 2.87. The molecule has 2 heterocycles. The van der Waals surface area contributed by atoms with Crippen LogP contribution in [-0.2, 0) is 0 Å². The van der Waals surface area contributed by atoms with Crippen molar-refractivity contribution in [3.05, 3.63) is 23.3 Å². The summed E-state index contributed by atoms with van der Waals surface area (Å²) in [5.41, 5.74) is 6.77. The van der Waals surface area contributed by atoms with E-state index in [0.717, 1.165) is 22.0 Å². The van der Waals surface area contributed by atoms with Gasteiger partial charge in [0.2, 0.25) is 5.88 Å². The second-order valence-electron chi connectivity index (χ2n) is 3.52. The summed E-state index contributed by atoms with van der Waals surface area (Å²) in [5.74, 6) is 0.556. The predicted octanol–water partition coefficient (Wildman–Crippen LogP) is 2.02. The van der Waals surface area contributed by atoms with Gasteiger partial charge in [-0.25, -0.2) is 4.98 Å². The van der Waals surface area contributed by atoms with Crippen molar-refractivity contribution in [3.8, 4) is 16.5 Å². The number of hydrogen-bond donors (Lipinski definition) is 1. The molecule has 1 unspecified atom stereocenters. The van der Waals surface area contributed by atoms with Gasteiger partial charge in [-0.2, -0.15) is 0 Å². The van der Waals surface area contributed by atoms with Crippen molar-refractivity contribution in [3.63, 3.8) is 0 Å². The molecule has 6 heteroatoms. The van der Waals surface area contributed by atoms with Crippen LogP contribution in [0.5, 0.6) is 5.88 Å². The Hall–Kier alpha value is -1.53. The van der Waals surface area contributed by atoms with Crippen molar-refractivity contribution in [1.29, 1.82) is 0 Å². The molecular weight excluding hydrogens is 236 g/mol. The summed E-state index contributed by atoms with van der Waals surface area (Å²) in [5, 5.41) is 9.86. The van der Waals surface area contributed by atoms with Crippen LogP contribution in [0.3, 0.4) is 0 Å². The number of nitrogens with zero attached hydrogens (tertiary/aromatic N) is 3. The Kier molecular flexibility index (Phi) is 3.65. The Bertz CT molecular complexity index is 500. The lowest BCUT2D eigenvalue weighted by atomic mass is 10.3. The second kappa shape index (κ2) is 5.20. The normalized spacial score (nSPS) is 12.4. The van der Waals surface area contributed by atoms with Crippen LogP contribution in [0.4, 0.5) is 0 Å². The van der Waals surface area contributed by atoms with Gasteiger partial charge in [-0.05, 0) is 18.6 Å². The van der Waals surface area contributed by atoms with Gasteiger partial charge in [0.05, 0.1) is 18.7 Å². The Morgan fingerprint density at radius 3 is 3.00 bits per heavy atom. The van der Waals surface area contributed by atoms with E-state index < -0.39 is 0 Å². The quantitative estimate of drug-likeness (QED) is 0.898. The van der Waals surface area contributed by atoms with Crippen molar-refractivity contribution < 1.29 is 4.74 Å². The maximum atomic E-state index is 5.92. The Labute approximate surface area is 104 Å². The van der Waals surface area contributed by atoms with Crippen molar-refractivity contribution in [1.82, 2.24) is 15.2 Å². The molecule has 0 fully saturated rings. The topological polar surface area (TPSA) is 73.9 Å². The van der Waals surface area contributed by atoms with Gasteiger partial charge in [0, 0.05) is 6.20 Å². The summed E-state index contributed by atoms with van der Waals surface area (Å²) in [4.78, 5) is 4.13. The molecule has 90 valence electrons. The number of pyridine rings is 1. The first-order valence-electron chi connectivity index (χ1n) is 5.34. The fraction of sp³-hybridized carbons (Fsp3) is 0.364. The highest BCUT2D eigenvalue weighted by atomic mass is 32.1. The van der Waals surface area contributed by atoms with E-state index in [0.29, 0.717) is 5.88 Å². The second-order valence-corrected chi connectivity index (χ2v) is 4.53. The summed E-state index contributed by atoms with van der Waals surface area (Å²) >= 11 is 1.48. The summed E-state index contributed by atoms with van der Waals surface area (Å²) in [6.45, 7) is 2.02. The predicted molar refractivity (Wildman–Crippen MR) is 66.9 cm³/mol. The molecule has 0 saturated heterocycles. The van der Waals surface area contributed by atoms with Crippen LogP contribution < -0.4 is 10.5 Å². The number of methoxy groups -OCH3 is 1. The van der Waals surface area contributed by atoms with Gasteiger partial charge in [0.1, 0.15) is 5.01 Å². The molecule has 2 aromatic rings. The molecule has 2 rings (SSSR count). The monoisotopic (exact) mass is 250 g/mol. The molecule has 0 aliphatic heterocycles. The smallest absolute Gasteiger partial charge is 0.223 e. The third-order valence-electron chi connectivity index (χ3n) is 2.39. The summed E-state index contributed by atoms with van der Waals surface area (Å²) in [7, 11) is 1.59. The third kappa shape index (κ3) is 2.42. The number of hydrogen-bond acceptors (Lipinski definition) is 6. The highest BCUT2D eigenvalue weighted by Gasteiger charge is 2.15. The summed E-state index contributed by atoms with van der Waals surface area (Å²) < 4.78 is 5.19. The highest BCUT2D eigenvalue weighted by molar-refractivity contribution is 7.14. The number of aromatic nitrogens is 3. The fourth-order valence-electron chi connectivity index (χ4n) is 1.38. The van der Waals surface area contributed by atoms with Gasteiger partial charge in [-0.3, -0.25) is 0 Å². The molecule has 5 nitrogen and oxygen atoms in total. The highest BCUT2D eigenvalue weighted by Crippen LogP contribution is 2.31. The SMILES string of the molecule is CCC(N)c1nnc(-c2cccnc2OC)s1. The van der Waals surface area contributed by atoms with E-state index in [1.54, 1.807) is 13.3 Å². The molecule has 0 bridgehead atoms. The number of rotatable bonds is 4. The first-order chi connectivity index (χ1) is 8.26. The summed E-state index contributed by atoms with van der Waals surface area (Å²) in [6, 6.07) is 3.70. The molecule has 0 radical (unpaired) electrons. The molecule has 2 aromatic heterocycles. The first kappa shape index (κ1) is 11.9. The van der Waals surface area contributed by atoms with E-state index in [-0.39, 0.29) is 6.04 Å². The zero-order valence-corrected chi connectivity index (χ0v) is 10.6. The lowest BCUT2D eigenvalue weighted by Gasteiger charge is -2.03. The molecule has 0 amide bonds. The van der Waals surface area contributed by atoms with Crippen LogP contribution in [0.25, 0.3) is 10.6 Å². The molecule has 0 aliphatic rings. The largest absolute Gasteiger partial charge is 0.480 e. The van der Waals surface area contributed by atoms with Crippen molar-refractivity contribution in [2.45, 2.75) is 19.4 Å². The van der Waals surface area contributed by atoms with E-state index in [9.17, 15) is 0 Å². The molecule has 17 heavy (non-hydrogen) atoms. The van der Waals surface area contributed by atoms with E-state index in [2.05, 4.69) is 15.2 Å². The molecule has 0 spiro atoms. The van der Waals surface area contributed by atoms with E-state index >= 15 is 0 Å². The molecule has 0 aromatic carbocycles.